The molecule has 22 heavy (non-hydrogen) atoms. The zero-order valence-corrected chi connectivity index (χ0v) is 12.7. The number of rotatable bonds is 5. The molecule has 1 saturated heterocycles. The second kappa shape index (κ2) is 7.06. The van der Waals surface area contributed by atoms with Crippen molar-refractivity contribution in [2.45, 2.75) is 38.3 Å². The summed E-state index contributed by atoms with van der Waals surface area (Å²) >= 11 is 0. The summed E-state index contributed by atoms with van der Waals surface area (Å²) in [5.41, 5.74) is 2.02. The van der Waals surface area contributed by atoms with Gasteiger partial charge in [-0.1, -0.05) is 29.8 Å². The fraction of sp³-hybridized carbons (Fsp3) is 0.438. The highest BCUT2D eigenvalue weighted by Gasteiger charge is 2.30. The van der Waals surface area contributed by atoms with Crippen molar-refractivity contribution in [3.63, 3.8) is 0 Å². The van der Waals surface area contributed by atoms with Crippen LogP contribution < -0.4 is 10.6 Å². The summed E-state index contributed by atoms with van der Waals surface area (Å²) in [6, 6.07) is 6.38. The molecule has 1 fully saturated rings. The van der Waals surface area contributed by atoms with Gasteiger partial charge in [-0.3, -0.25) is 9.59 Å². The molecule has 1 heterocycles. The van der Waals surface area contributed by atoms with E-state index in [1.807, 2.05) is 31.2 Å². The molecule has 0 aliphatic carbocycles. The summed E-state index contributed by atoms with van der Waals surface area (Å²) in [6.45, 7) is 1.96. The Morgan fingerprint density at radius 3 is 2.82 bits per heavy atom. The number of hydrogen-bond donors (Lipinski definition) is 2. The van der Waals surface area contributed by atoms with Crippen LogP contribution >= 0.6 is 0 Å². The Balaban J connectivity index is 2.04. The molecule has 1 aliphatic heterocycles. The zero-order valence-electron chi connectivity index (χ0n) is 12.7. The second-order valence-corrected chi connectivity index (χ2v) is 5.44. The number of nitrogens with one attached hydrogen (secondary N) is 2. The number of benzene rings is 1. The lowest BCUT2D eigenvalue weighted by atomic mass is 10.0. The highest BCUT2D eigenvalue weighted by Crippen LogP contribution is 2.10. The first-order valence-corrected chi connectivity index (χ1v) is 7.22. The molecule has 2 atom stereocenters. The van der Waals surface area contributed by atoms with Crippen molar-refractivity contribution in [2.75, 3.05) is 7.11 Å². The molecule has 6 heteroatoms. The lowest BCUT2D eigenvalue weighted by molar-refractivity contribution is -0.145. The smallest absolute Gasteiger partial charge is 0.328 e. The normalized spacial score (nSPS) is 18.5. The van der Waals surface area contributed by atoms with Gasteiger partial charge in [0.1, 0.15) is 12.1 Å². The van der Waals surface area contributed by atoms with Crippen LogP contribution in [0.1, 0.15) is 24.0 Å². The Labute approximate surface area is 129 Å². The first-order chi connectivity index (χ1) is 10.5. The number of ether oxygens (including phenoxy) is 1. The van der Waals surface area contributed by atoms with Gasteiger partial charge < -0.3 is 15.4 Å². The molecule has 118 valence electrons. The quantitative estimate of drug-likeness (QED) is 0.775. The minimum absolute atomic E-state index is 0.145. The molecule has 2 N–H and O–H groups in total. The van der Waals surface area contributed by atoms with Crippen LogP contribution in [0.5, 0.6) is 0 Å². The zero-order chi connectivity index (χ0) is 16.1. The van der Waals surface area contributed by atoms with Gasteiger partial charge in [-0.15, -0.1) is 0 Å². The number of methoxy groups -OCH3 is 1. The molecule has 2 amide bonds. The van der Waals surface area contributed by atoms with Gasteiger partial charge in [0.25, 0.3) is 0 Å². The molecule has 0 spiro atoms. The summed E-state index contributed by atoms with van der Waals surface area (Å²) in [5.74, 6) is -0.999. The van der Waals surface area contributed by atoms with Gasteiger partial charge >= 0.3 is 5.97 Å². The minimum Gasteiger partial charge on any atom is -0.467 e. The van der Waals surface area contributed by atoms with E-state index in [-0.39, 0.29) is 11.8 Å². The van der Waals surface area contributed by atoms with E-state index in [9.17, 15) is 14.4 Å². The second-order valence-electron chi connectivity index (χ2n) is 5.44. The number of carbonyl (C=O) groups excluding carboxylic acids is 3. The summed E-state index contributed by atoms with van der Waals surface area (Å²) in [5, 5.41) is 5.26. The predicted octanol–water partition coefficient (Wildman–Crippen LogP) is 0.474. The number of amides is 2. The molecule has 1 aromatic carbocycles. The Morgan fingerprint density at radius 1 is 1.45 bits per heavy atom. The predicted molar refractivity (Wildman–Crippen MR) is 80.0 cm³/mol. The van der Waals surface area contributed by atoms with Gasteiger partial charge in [0.05, 0.1) is 7.11 Å². The standard InChI is InChI=1S/C16H20N2O4/c1-10-4-3-5-11(8-10)9-13(16(21)22-2)18-15(20)12-6-7-14(19)17-12/h3-5,8,12-13H,6-7,9H2,1-2H3,(H,17,19)(H,18,20)/t12-,13-/m0/s1. The van der Waals surface area contributed by atoms with E-state index in [1.165, 1.54) is 7.11 Å². The molecule has 1 aromatic rings. The lowest BCUT2D eigenvalue weighted by Crippen LogP contribution is -2.50. The molecule has 0 aromatic heterocycles. The van der Waals surface area contributed by atoms with Crippen LogP contribution in [-0.4, -0.2) is 37.0 Å². The van der Waals surface area contributed by atoms with Crippen molar-refractivity contribution in [1.82, 2.24) is 10.6 Å². The van der Waals surface area contributed by atoms with Crippen LogP contribution in [0.25, 0.3) is 0 Å². The fourth-order valence-corrected chi connectivity index (χ4v) is 2.49. The largest absolute Gasteiger partial charge is 0.467 e. The molecule has 0 unspecified atom stereocenters. The summed E-state index contributed by atoms with van der Waals surface area (Å²) in [4.78, 5) is 35.2. The van der Waals surface area contributed by atoms with Crippen LogP contribution in [-0.2, 0) is 25.5 Å². The average Bonchev–Trinajstić information content (AvgIpc) is 2.92. The van der Waals surface area contributed by atoms with Crippen LogP contribution in [0.2, 0.25) is 0 Å². The van der Waals surface area contributed by atoms with E-state index in [0.717, 1.165) is 11.1 Å². The van der Waals surface area contributed by atoms with Gasteiger partial charge in [0, 0.05) is 12.8 Å². The van der Waals surface area contributed by atoms with Crippen LogP contribution in [0, 0.1) is 6.92 Å². The van der Waals surface area contributed by atoms with Gasteiger partial charge in [-0.25, -0.2) is 4.79 Å². The third kappa shape index (κ3) is 4.07. The molecule has 0 radical (unpaired) electrons. The maximum absolute atomic E-state index is 12.1. The maximum atomic E-state index is 12.1. The molecule has 0 saturated carbocycles. The van der Waals surface area contributed by atoms with Crippen LogP contribution in [0.3, 0.4) is 0 Å². The summed E-state index contributed by atoms with van der Waals surface area (Å²) < 4.78 is 4.76. The van der Waals surface area contributed by atoms with Crippen molar-refractivity contribution < 1.29 is 19.1 Å². The van der Waals surface area contributed by atoms with Crippen molar-refractivity contribution in [1.29, 1.82) is 0 Å². The van der Waals surface area contributed by atoms with E-state index >= 15 is 0 Å². The highest BCUT2D eigenvalue weighted by atomic mass is 16.5. The maximum Gasteiger partial charge on any atom is 0.328 e. The first kappa shape index (κ1) is 16.0. The van der Waals surface area contributed by atoms with Gasteiger partial charge in [-0.05, 0) is 18.9 Å². The topological polar surface area (TPSA) is 84.5 Å². The van der Waals surface area contributed by atoms with E-state index < -0.39 is 18.1 Å². The molecule has 0 bridgehead atoms. The SMILES string of the molecule is COC(=O)[C@H](Cc1cccc(C)c1)NC(=O)[C@@H]1CCC(=O)N1. The number of carbonyl (C=O) groups is 3. The Kier molecular flexibility index (Phi) is 5.14. The Bertz CT molecular complexity index is 585. The van der Waals surface area contributed by atoms with E-state index in [4.69, 9.17) is 4.74 Å². The number of esters is 1. The lowest BCUT2D eigenvalue weighted by Gasteiger charge is -2.19. The van der Waals surface area contributed by atoms with Crippen molar-refractivity contribution >= 4 is 17.8 Å². The third-order valence-electron chi connectivity index (χ3n) is 3.64. The monoisotopic (exact) mass is 304 g/mol. The first-order valence-electron chi connectivity index (χ1n) is 7.22. The van der Waals surface area contributed by atoms with Gasteiger partial charge in [0.2, 0.25) is 11.8 Å². The molecule has 2 rings (SSSR count). The van der Waals surface area contributed by atoms with Crippen LogP contribution in [0.15, 0.2) is 24.3 Å². The average molecular weight is 304 g/mol. The van der Waals surface area contributed by atoms with E-state index in [0.29, 0.717) is 19.3 Å². The van der Waals surface area contributed by atoms with Crippen molar-refractivity contribution in [2.24, 2.45) is 0 Å². The van der Waals surface area contributed by atoms with E-state index in [2.05, 4.69) is 10.6 Å². The van der Waals surface area contributed by atoms with Crippen molar-refractivity contribution in [3.05, 3.63) is 35.4 Å². The minimum atomic E-state index is -0.767. The molecular weight excluding hydrogens is 284 g/mol. The van der Waals surface area contributed by atoms with Gasteiger partial charge in [-0.2, -0.15) is 0 Å². The fourth-order valence-electron chi connectivity index (χ4n) is 2.49. The number of hydrogen-bond acceptors (Lipinski definition) is 4. The molecule has 1 aliphatic rings. The van der Waals surface area contributed by atoms with Crippen molar-refractivity contribution in [3.8, 4) is 0 Å². The van der Waals surface area contributed by atoms with E-state index in [1.54, 1.807) is 0 Å². The Hall–Kier alpha value is -2.37. The highest BCUT2D eigenvalue weighted by molar-refractivity contribution is 5.93. The third-order valence-corrected chi connectivity index (χ3v) is 3.64. The number of aryl methyl sites for hydroxylation is 1. The van der Waals surface area contributed by atoms with Gasteiger partial charge in [0.15, 0.2) is 0 Å². The molecular formula is C16H20N2O4. The van der Waals surface area contributed by atoms with Crippen LogP contribution in [0.4, 0.5) is 0 Å². The molecule has 6 nitrogen and oxygen atoms in total. The Morgan fingerprint density at radius 2 is 2.23 bits per heavy atom. The summed E-state index contributed by atoms with van der Waals surface area (Å²) in [6.07, 6.45) is 1.13. The summed E-state index contributed by atoms with van der Waals surface area (Å²) in [7, 11) is 1.29.